The van der Waals surface area contributed by atoms with Gasteiger partial charge in [-0.3, -0.25) is 4.79 Å². The van der Waals surface area contributed by atoms with Crippen LogP contribution < -0.4 is 5.32 Å². The monoisotopic (exact) mass is 330 g/mol. The Balaban J connectivity index is 1.81. The van der Waals surface area contributed by atoms with E-state index in [0.29, 0.717) is 17.7 Å². The lowest BCUT2D eigenvalue weighted by atomic mass is 10.0. The van der Waals surface area contributed by atoms with Crippen LogP contribution >= 0.6 is 0 Å². The van der Waals surface area contributed by atoms with Gasteiger partial charge in [-0.2, -0.15) is 10.5 Å². The number of hydrogen-bond donors (Lipinski definition) is 2. The van der Waals surface area contributed by atoms with Crippen LogP contribution in [0.4, 0.5) is 5.69 Å². The van der Waals surface area contributed by atoms with Gasteiger partial charge < -0.3 is 5.32 Å². The van der Waals surface area contributed by atoms with Gasteiger partial charge in [0.2, 0.25) is 5.82 Å². The number of nitrogens with zero attached hydrogens (tertiary/aromatic N) is 4. The SMILES string of the molecule is N#CC(=CNc1ccccc1C(=O)Cc1ccccc1)c1nn[nH]n1. The molecule has 7 heteroatoms. The number of nitrogens with one attached hydrogen (secondary N) is 2. The van der Waals surface area contributed by atoms with Gasteiger partial charge in [-0.25, -0.2) is 0 Å². The standard InChI is InChI=1S/C18H14N6O/c19-11-14(18-21-23-24-22-18)12-20-16-9-5-4-8-15(16)17(25)10-13-6-2-1-3-7-13/h1-9,12,20H,10H2,(H,21,22,23,24). The highest BCUT2D eigenvalue weighted by Crippen LogP contribution is 2.19. The Morgan fingerprint density at radius 1 is 1.16 bits per heavy atom. The quantitative estimate of drug-likeness (QED) is 0.531. The number of carbonyl (C=O) groups excluding carboxylic acids is 1. The van der Waals surface area contributed by atoms with Crippen LogP contribution in [0.3, 0.4) is 0 Å². The van der Waals surface area contributed by atoms with Crippen LogP contribution in [0.25, 0.3) is 5.57 Å². The third-order valence-corrected chi connectivity index (χ3v) is 3.51. The van der Waals surface area contributed by atoms with Crippen LogP contribution in [0.15, 0.2) is 60.8 Å². The Labute approximate surface area is 144 Å². The third kappa shape index (κ3) is 3.95. The van der Waals surface area contributed by atoms with Gasteiger partial charge in [0.25, 0.3) is 0 Å². The molecular formula is C18H14N6O. The summed E-state index contributed by atoms with van der Waals surface area (Å²) < 4.78 is 0. The lowest BCUT2D eigenvalue weighted by molar-refractivity contribution is 0.0994. The fraction of sp³-hybridized carbons (Fsp3) is 0.0556. The van der Waals surface area contributed by atoms with Crippen LogP contribution in [-0.4, -0.2) is 26.4 Å². The molecule has 0 spiro atoms. The van der Waals surface area contributed by atoms with Crippen molar-refractivity contribution in [1.29, 1.82) is 5.26 Å². The van der Waals surface area contributed by atoms with Crippen molar-refractivity contribution in [3.05, 3.63) is 77.7 Å². The molecule has 0 amide bonds. The summed E-state index contributed by atoms with van der Waals surface area (Å²) in [6.45, 7) is 0. The number of benzene rings is 2. The van der Waals surface area contributed by atoms with Crippen LogP contribution in [0.2, 0.25) is 0 Å². The fourth-order valence-corrected chi connectivity index (χ4v) is 2.30. The second-order valence-corrected chi connectivity index (χ2v) is 5.18. The summed E-state index contributed by atoms with van der Waals surface area (Å²) in [4.78, 5) is 12.6. The molecule has 3 rings (SSSR count). The van der Waals surface area contributed by atoms with Crippen molar-refractivity contribution >= 4 is 17.0 Å². The second-order valence-electron chi connectivity index (χ2n) is 5.18. The predicted octanol–water partition coefficient (Wildman–Crippen LogP) is 2.60. The molecule has 2 aromatic carbocycles. The molecule has 0 saturated heterocycles. The Morgan fingerprint density at radius 2 is 1.92 bits per heavy atom. The number of tetrazole rings is 1. The maximum Gasteiger partial charge on any atom is 0.216 e. The van der Waals surface area contributed by atoms with Gasteiger partial charge in [-0.1, -0.05) is 42.5 Å². The van der Waals surface area contributed by atoms with Gasteiger partial charge in [0, 0.05) is 23.9 Å². The molecule has 2 N–H and O–H groups in total. The smallest absolute Gasteiger partial charge is 0.216 e. The van der Waals surface area contributed by atoms with E-state index < -0.39 is 0 Å². The van der Waals surface area contributed by atoms with E-state index in [4.69, 9.17) is 0 Å². The number of aromatic amines is 1. The minimum atomic E-state index is -0.0132. The first-order valence-electron chi connectivity index (χ1n) is 7.54. The molecular weight excluding hydrogens is 316 g/mol. The molecule has 0 saturated carbocycles. The Bertz CT molecular complexity index is 926. The number of hydrogen-bond acceptors (Lipinski definition) is 6. The zero-order valence-corrected chi connectivity index (χ0v) is 13.2. The number of aromatic nitrogens is 4. The maximum atomic E-state index is 12.6. The Hall–Kier alpha value is -3.79. The summed E-state index contributed by atoms with van der Waals surface area (Å²) >= 11 is 0. The molecule has 0 radical (unpaired) electrons. The highest BCUT2D eigenvalue weighted by atomic mass is 16.1. The van der Waals surface area contributed by atoms with E-state index >= 15 is 0 Å². The largest absolute Gasteiger partial charge is 0.360 e. The molecule has 0 unspecified atom stereocenters. The van der Waals surface area contributed by atoms with Crippen molar-refractivity contribution in [1.82, 2.24) is 20.6 Å². The first kappa shape index (κ1) is 16.1. The number of ketones is 1. The molecule has 0 aliphatic rings. The van der Waals surface area contributed by atoms with E-state index in [1.807, 2.05) is 42.5 Å². The number of Topliss-reactive ketones (excluding diaryl/α,β-unsaturated/α-hetero) is 1. The van der Waals surface area contributed by atoms with Crippen molar-refractivity contribution in [2.24, 2.45) is 0 Å². The molecule has 0 bridgehead atoms. The summed E-state index contributed by atoms with van der Waals surface area (Å²) in [6.07, 6.45) is 1.76. The molecule has 0 atom stereocenters. The lowest BCUT2D eigenvalue weighted by Gasteiger charge is -2.09. The van der Waals surface area contributed by atoms with E-state index in [0.717, 1.165) is 5.56 Å². The summed E-state index contributed by atoms with van der Waals surface area (Å²) in [6, 6.07) is 18.7. The van der Waals surface area contributed by atoms with Crippen LogP contribution in [0, 0.1) is 11.3 Å². The zero-order chi connectivity index (χ0) is 17.5. The van der Waals surface area contributed by atoms with E-state index in [1.165, 1.54) is 6.20 Å². The van der Waals surface area contributed by atoms with Gasteiger partial charge in [0.05, 0.1) is 0 Å². The number of para-hydroxylation sites is 1. The molecule has 1 aromatic heterocycles. The molecule has 25 heavy (non-hydrogen) atoms. The summed E-state index contributed by atoms with van der Waals surface area (Å²) in [5, 5.41) is 25.5. The van der Waals surface area contributed by atoms with Crippen LogP contribution in [-0.2, 0) is 6.42 Å². The van der Waals surface area contributed by atoms with Gasteiger partial charge in [0.15, 0.2) is 5.78 Å². The third-order valence-electron chi connectivity index (χ3n) is 3.51. The van der Waals surface area contributed by atoms with E-state index in [2.05, 4.69) is 25.9 Å². The average Bonchev–Trinajstić information content (AvgIpc) is 3.18. The molecule has 0 aliphatic heterocycles. The number of rotatable bonds is 6. The molecule has 7 nitrogen and oxygen atoms in total. The van der Waals surface area contributed by atoms with Gasteiger partial charge in [-0.05, 0) is 22.9 Å². The summed E-state index contributed by atoms with van der Waals surface area (Å²) in [5.41, 5.74) is 2.31. The summed E-state index contributed by atoms with van der Waals surface area (Å²) in [5.74, 6) is 0.170. The Kier molecular flexibility index (Phi) is 4.93. The molecule has 1 heterocycles. The maximum absolute atomic E-state index is 12.6. The summed E-state index contributed by atoms with van der Waals surface area (Å²) in [7, 11) is 0. The first-order chi connectivity index (χ1) is 12.3. The predicted molar refractivity (Wildman–Crippen MR) is 92.3 cm³/mol. The molecule has 0 fully saturated rings. The van der Waals surface area contributed by atoms with Gasteiger partial charge in [0.1, 0.15) is 11.6 Å². The van der Waals surface area contributed by atoms with Gasteiger partial charge in [-0.15, -0.1) is 10.2 Å². The molecule has 3 aromatic rings. The van der Waals surface area contributed by atoms with Crippen molar-refractivity contribution < 1.29 is 4.79 Å². The minimum Gasteiger partial charge on any atom is -0.360 e. The van der Waals surface area contributed by atoms with E-state index in [9.17, 15) is 10.1 Å². The lowest BCUT2D eigenvalue weighted by Crippen LogP contribution is -2.07. The number of nitriles is 1. The van der Waals surface area contributed by atoms with Crippen molar-refractivity contribution in [2.75, 3.05) is 5.32 Å². The van der Waals surface area contributed by atoms with Crippen LogP contribution in [0.1, 0.15) is 21.7 Å². The fourth-order valence-electron chi connectivity index (χ4n) is 2.30. The normalized spacial score (nSPS) is 10.9. The average molecular weight is 330 g/mol. The number of allylic oxidation sites excluding steroid dienone is 1. The van der Waals surface area contributed by atoms with E-state index in [1.54, 1.807) is 18.2 Å². The first-order valence-corrected chi connectivity index (χ1v) is 7.54. The molecule has 122 valence electrons. The van der Waals surface area contributed by atoms with Crippen LogP contribution in [0.5, 0.6) is 0 Å². The van der Waals surface area contributed by atoms with Gasteiger partial charge >= 0.3 is 0 Å². The van der Waals surface area contributed by atoms with Crippen molar-refractivity contribution in [3.8, 4) is 6.07 Å². The van der Waals surface area contributed by atoms with E-state index in [-0.39, 0.29) is 17.2 Å². The number of H-pyrrole nitrogens is 1. The minimum absolute atomic E-state index is 0.0132. The highest BCUT2D eigenvalue weighted by Gasteiger charge is 2.12. The number of carbonyl (C=O) groups is 1. The van der Waals surface area contributed by atoms with Crippen molar-refractivity contribution in [2.45, 2.75) is 6.42 Å². The molecule has 0 aliphatic carbocycles. The zero-order valence-electron chi connectivity index (χ0n) is 13.2. The highest BCUT2D eigenvalue weighted by molar-refractivity contribution is 6.02. The number of anilines is 1. The van der Waals surface area contributed by atoms with Crippen molar-refractivity contribution in [3.63, 3.8) is 0 Å². The Morgan fingerprint density at radius 3 is 2.64 bits per heavy atom. The second kappa shape index (κ2) is 7.66. The topological polar surface area (TPSA) is 107 Å².